The van der Waals surface area contributed by atoms with Crippen molar-refractivity contribution < 1.29 is 19.0 Å². The lowest BCUT2D eigenvalue weighted by Gasteiger charge is -2.35. The molecule has 0 radical (unpaired) electrons. The van der Waals surface area contributed by atoms with E-state index in [0.29, 0.717) is 42.5 Å². The smallest absolute Gasteiger partial charge is 0.161 e. The van der Waals surface area contributed by atoms with Crippen LogP contribution in [0.15, 0.2) is 18.2 Å². The van der Waals surface area contributed by atoms with Gasteiger partial charge in [0, 0.05) is 25.2 Å². The number of morpholine rings is 1. The molecule has 0 spiro atoms. The predicted octanol–water partition coefficient (Wildman–Crippen LogP) is 2.78. The van der Waals surface area contributed by atoms with Gasteiger partial charge >= 0.3 is 0 Å². The molecule has 1 aliphatic rings. The average Bonchev–Trinajstić information content (AvgIpc) is 2.52. The summed E-state index contributed by atoms with van der Waals surface area (Å²) in [6, 6.07) is 5.26. The quantitative estimate of drug-likeness (QED) is 0.544. The van der Waals surface area contributed by atoms with Crippen LogP contribution in [0, 0.1) is 0 Å². The first-order valence-corrected chi connectivity index (χ1v) is 8.35. The Kier molecular flexibility index (Phi) is 6.86. The normalized spacial score (nSPS) is 21.9. The minimum Gasteiger partial charge on any atom is -0.490 e. The van der Waals surface area contributed by atoms with E-state index in [1.54, 1.807) is 18.2 Å². The Morgan fingerprint density at radius 1 is 1.22 bits per heavy atom. The van der Waals surface area contributed by atoms with Crippen molar-refractivity contribution in [3.63, 3.8) is 0 Å². The molecule has 5 nitrogen and oxygen atoms in total. The average molecular weight is 321 g/mol. The molecule has 1 aliphatic heterocycles. The Morgan fingerprint density at radius 2 is 1.96 bits per heavy atom. The standard InChI is InChI=1S/C18H27NO4/c1-4-21-18-10-16(13-20)6-7-17(18)22-9-5-8-19-11-14(2)23-15(3)12-19/h6-7,10,13-15H,4-5,8-9,11-12H2,1-3H3/t14-,15+. The molecule has 1 aromatic carbocycles. The molecule has 0 N–H and O–H groups in total. The van der Waals surface area contributed by atoms with Crippen molar-refractivity contribution in [3.05, 3.63) is 23.8 Å². The van der Waals surface area contributed by atoms with Crippen LogP contribution in [0.1, 0.15) is 37.6 Å². The zero-order chi connectivity index (χ0) is 16.7. The van der Waals surface area contributed by atoms with E-state index in [0.717, 1.165) is 32.3 Å². The molecule has 0 bridgehead atoms. The van der Waals surface area contributed by atoms with Crippen molar-refractivity contribution in [1.29, 1.82) is 0 Å². The van der Waals surface area contributed by atoms with E-state index in [2.05, 4.69) is 18.7 Å². The maximum atomic E-state index is 10.9. The molecule has 0 aromatic heterocycles. The maximum absolute atomic E-state index is 10.9. The summed E-state index contributed by atoms with van der Waals surface area (Å²) in [5, 5.41) is 0. The third-order valence-electron chi connectivity index (χ3n) is 3.78. The van der Waals surface area contributed by atoms with E-state index in [-0.39, 0.29) is 0 Å². The van der Waals surface area contributed by atoms with Crippen molar-refractivity contribution >= 4 is 6.29 Å². The van der Waals surface area contributed by atoms with Crippen molar-refractivity contribution in [1.82, 2.24) is 4.90 Å². The summed E-state index contributed by atoms with van der Waals surface area (Å²) in [6.45, 7) is 10.3. The summed E-state index contributed by atoms with van der Waals surface area (Å²) in [5.74, 6) is 1.33. The zero-order valence-electron chi connectivity index (χ0n) is 14.3. The minimum absolute atomic E-state index is 0.292. The number of aldehydes is 1. The summed E-state index contributed by atoms with van der Waals surface area (Å²) >= 11 is 0. The second-order valence-electron chi connectivity index (χ2n) is 5.98. The number of benzene rings is 1. The highest BCUT2D eigenvalue weighted by atomic mass is 16.5. The number of carbonyl (C=O) groups is 1. The Balaban J connectivity index is 1.80. The van der Waals surface area contributed by atoms with Crippen molar-refractivity contribution in [3.8, 4) is 11.5 Å². The van der Waals surface area contributed by atoms with Crippen LogP contribution in [-0.4, -0.2) is 56.2 Å². The van der Waals surface area contributed by atoms with Crippen molar-refractivity contribution in [2.75, 3.05) is 32.8 Å². The number of hydrogen-bond donors (Lipinski definition) is 0. The van der Waals surface area contributed by atoms with Gasteiger partial charge in [-0.1, -0.05) is 0 Å². The van der Waals surface area contributed by atoms with Gasteiger partial charge < -0.3 is 14.2 Å². The molecule has 128 valence electrons. The Labute approximate surface area is 138 Å². The van der Waals surface area contributed by atoms with Crippen LogP contribution in [0.25, 0.3) is 0 Å². The molecule has 2 rings (SSSR count). The van der Waals surface area contributed by atoms with E-state index in [9.17, 15) is 4.79 Å². The third kappa shape index (κ3) is 5.52. The Bertz CT molecular complexity index is 496. The second kappa shape index (κ2) is 8.89. The van der Waals surface area contributed by atoms with Gasteiger partial charge in [0.05, 0.1) is 25.4 Å². The van der Waals surface area contributed by atoms with Crippen LogP contribution in [0.5, 0.6) is 11.5 Å². The van der Waals surface area contributed by atoms with Gasteiger partial charge in [-0.25, -0.2) is 0 Å². The molecule has 0 aliphatic carbocycles. The van der Waals surface area contributed by atoms with Gasteiger partial charge in [-0.3, -0.25) is 9.69 Å². The van der Waals surface area contributed by atoms with E-state index in [1.807, 2.05) is 6.92 Å². The van der Waals surface area contributed by atoms with Crippen LogP contribution in [-0.2, 0) is 4.74 Å². The summed E-state index contributed by atoms with van der Waals surface area (Å²) in [4.78, 5) is 13.3. The molecule has 1 heterocycles. The van der Waals surface area contributed by atoms with Crippen LogP contribution >= 0.6 is 0 Å². The van der Waals surface area contributed by atoms with Crippen LogP contribution in [0.2, 0.25) is 0 Å². The lowest BCUT2D eigenvalue weighted by molar-refractivity contribution is -0.0686. The fraction of sp³-hybridized carbons (Fsp3) is 0.611. The Morgan fingerprint density at radius 3 is 2.61 bits per heavy atom. The van der Waals surface area contributed by atoms with Gasteiger partial charge in [-0.2, -0.15) is 0 Å². The number of ether oxygens (including phenoxy) is 3. The molecular formula is C18H27NO4. The van der Waals surface area contributed by atoms with Gasteiger partial charge in [-0.05, 0) is 45.4 Å². The maximum Gasteiger partial charge on any atom is 0.161 e. The monoisotopic (exact) mass is 321 g/mol. The SMILES string of the molecule is CCOc1cc(C=O)ccc1OCCCN1C[C@@H](C)O[C@@H](C)C1. The molecular weight excluding hydrogens is 294 g/mol. The molecule has 0 unspecified atom stereocenters. The van der Waals surface area contributed by atoms with Crippen molar-refractivity contribution in [2.45, 2.75) is 39.4 Å². The molecule has 23 heavy (non-hydrogen) atoms. The first kappa shape index (κ1) is 17.8. The summed E-state index contributed by atoms with van der Waals surface area (Å²) in [7, 11) is 0. The molecule has 0 amide bonds. The number of nitrogens with zero attached hydrogens (tertiary/aromatic N) is 1. The third-order valence-corrected chi connectivity index (χ3v) is 3.78. The largest absolute Gasteiger partial charge is 0.490 e. The van der Waals surface area contributed by atoms with Gasteiger partial charge in [0.25, 0.3) is 0 Å². The number of rotatable bonds is 8. The van der Waals surface area contributed by atoms with Gasteiger partial charge in [0.1, 0.15) is 6.29 Å². The van der Waals surface area contributed by atoms with Crippen LogP contribution in [0.3, 0.4) is 0 Å². The van der Waals surface area contributed by atoms with Gasteiger partial charge in [0.15, 0.2) is 11.5 Å². The number of hydrogen-bond acceptors (Lipinski definition) is 5. The highest BCUT2D eigenvalue weighted by molar-refractivity contribution is 5.76. The van der Waals surface area contributed by atoms with Crippen molar-refractivity contribution in [2.24, 2.45) is 0 Å². The number of carbonyl (C=O) groups excluding carboxylic acids is 1. The van der Waals surface area contributed by atoms with E-state index in [1.165, 1.54) is 0 Å². The molecule has 2 atom stereocenters. The summed E-state index contributed by atoms with van der Waals surface area (Å²) < 4.78 is 17.1. The topological polar surface area (TPSA) is 48.0 Å². The fourth-order valence-electron chi connectivity index (χ4n) is 2.92. The lowest BCUT2D eigenvalue weighted by atomic mass is 10.2. The lowest BCUT2D eigenvalue weighted by Crippen LogP contribution is -2.45. The first-order valence-electron chi connectivity index (χ1n) is 8.35. The van der Waals surface area contributed by atoms with E-state index >= 15 is 0 Å². The molecule has 5 heteroatoms. The van der Waals surface area contributed by atoms with Gasteiger partial charge in [0.2, 0.25) is 0 Å². The van der Waals surface area contributed by atoms with E-state index in [4.69, 9.17) is 14.2 Å². The molecule has 1 aromatic rings. The predicted molar refractivity (Wildman–Crippen MR) is 89.6 cm³/mol. The highest BCUT2D eigenvalue weighted by Crippen LogP contribution is 2.28. The van der Waals surface area contributed by atoms with Crippen LogP contribution in [0.4, 0.5) is 0 Å². The molecule has 0 saturated carbocycles. The summed E-state index contributed by atoms with van der Waals surface area (Å²) in [5.41, 5.74) is 0.595. The molecule has 1 saturated heterocycles. The van der Waals surface area contributed by atoms with Crippen LogP contribution < -0.4 is 9.47 Å². The second-order valence-corrected chi connectivity index (χ2v) is 5.98. The fourth-order valence-corrected chi connectivity index (χ4v) is 2.92. The van der Waals surface area contributed by atoms with E-state index < -0.39 is 0 Å². The highest BCUT2D eigenvalue weighted by Gasteiger charge is 2.21. The minimum atomic E-state index is 0.292. The molecule has 1 fully saturated rings. The van der Waals surface area contributed by atoms with Gasteiger partial charge in [-0.15, -0.1) is 0 Å². The first-order chi connectivity index (χ1) is 11.1. The summed E-state index contributed by atoms with van der Waals surface area (Å²) in [6.07, 6.45) is 2.34. The Hall–Kier alpha value is -1.59. The zero-order valence-corrected chi connectivity index (χ0v) is 14.3.